The number of anilines is 1. The number of pyridine rings is 1. The summed E-state index contributed by atoms with van der Waals surface area (Å²) in [4.78, 5) is 16.1. The van der Waals surface area contributed by atoms with Crippen LogP contribution in [0.4, 0.5) is 5.82 Å². The smallest absolute Gasteiger partial charge is 0.193 e. The standard InChI is InChI=1S/C19H32N6O/c1-20-19(25-7-5-17(14-25)15-26-3)22-13-16-4-6-21-18(12-16)24-10-8-23(2)9-11-24/h4,6,12,17H,5,7-11,13-15H2,1-3H3,(H,20,22). The van der Waals surface area contributed by atoms with Crippen molar-refractivity contribution in [1.29, 1.82) is 0 Å². The third-order valence-electron chi connectivity index (χ3n) is 5.29. The first-order valence-electron chi connectivity index (χ1n) is 9.52. The number of nitrogens with zero attached hydrogens (tertiary/aromatic N) is 5. The molecule has 0 amide bonds. The first kappa shape index (κ1) is 18.9. The van der Waals surface area contributed by atoms with E-state index in [1.54, 1.807) is 7.11 Å². The monoisotopic (exact) mass is 360 g/mol. The maximum atomic E-state index is 5.29. The maximum absolute atomic E-state index is 5.29. The lowest BCUT2D eigenvalue weighted by Crippen LogP contribution is -2.44. The molecule has 2 fully saturated rings. The second-order valence-electron chi connectivity index (χ2n) is 7.27. The van der Waals surface area contributed by atoms with Crippen LogP contribution in [0.2, 0.25) is 0 Å². The number of ether oxygens (including phenoxy) is 1. The number of likely N-dealkylation sites (tertiary alicyclic amines) is 1. The Balaban J connectivity index is 1.55. The number of piperazine rings is 1. The van der Waals surface area contributed by atoms with Gasteiger partial charge in [-0.15, -0.1) is 0 Å². The second kappa shape index (κ2) is 9.19. The molecule has 2 aliphatic rings. The molecule has 0 aromatic carbocycles. The highest BCUT2D eigenvalue weighted by Crippen LogP contribution is 2.17. The van der Waals surface area contributed by atoms with Crippen LogP contribution in [0.1, 0.15) is 12.0 Å². The van der Waals surface area contributed by atoms with Crippen LogP contribution in [0.5, 0.6) is 0 Å². The molecule has 0 spiro atoms. The summed E-state index contributed by atoms with van der Waals surface area (Å²) in [6, 6.07) is 4.28. The molecule has 0 aliphatic carbocycles. The number of rotatable bonds is 5. The lowest BCUT2D eigenvalue weighted by atomic mass is 10.1. The molecule has 1 unspecified atom stereocenters. The zero-order valence-electron chi connectivity index (χ0n) is 16.3. The number of hydrogen-bond acceptors (Lipinski definition) is 5. The van der Waals surface area contributed by atoms with Gasteiger partial charge in [0, 0.05) is 72.1 Å². The lowest BCUT2D eigenvalue weighted by Gasteiger charge is -2.33. The molecular formula is C19H32N6O. The highest BCUT2D eigenvalue weighted by molar-refractivity contribution is 5.80. The quantitative estimate of drug-likeness (QED) is 0.621. The zero-order chi connectivity index (χ0) is 18.4. The molecule has 7 heteroatoms. The van der Waals surface area contributed by atoms with Crippen LogP contribution in [0, 0.1) is 5.92 Å². The molecule has 3 heterocycles. The fourth-order valence-electron chi connectivity index (χ4n) is 3.69. The van der Waals surface area contributed by atoms with E-state index < -0.39 is 0 Å². The molecule has 2 saturated heterocycles. The van der Waals surface area contributed by atoms with E-state index in [2.05, 4.69) is 49.2 Å². The number of hydrogen-bond donors (Lipinski definition) is 1. The van der Waals surface area contributed by atoms with E-state index in [4.69, 9.17) is 4.74 Å². The molecule has 1 aromatic rings. The summed E-state index contributed by atoms with van der Waals surface area (Å²) in [5.41, 5.74) is 1.24. The van der Waals surface area contributed by atoms with Gasteiger partial charge in [-0.05, 0) is 31.2 Å². The van der Waals surface area contributed by atoms with Crippen LogP contribution in [-0.4, -0.2) is 87.8 Å². The predicted molar refractivity (Wildman–Crippen MR) is 106 cm³/mol. The van der Waals surface area contributed by atoms with Gasteiger partial charge in [-0.1, -0.05) is 0 Å². The Labute approximate surface area is 157 Å². The van der Waals surface area contributed by atoms with Gasteiger partial charge in [0.15, 0.2) is 5.96 Å². The molecule has 0 saturated carbocycles. The fourth-order valence-corrected chi connectivity index (χ4v) is 3.69. The van der Waals surface area contributed by atoms with Gasteiger partial charge in [-0.3, -0.25) is 4.99 Å². The first-order valence-corrected chi connectivity index (χ1v) is 9.52. The molecule has 26 heavy (non-hydrogen) atoms. The van der Waals surface area contributed by atoms with E-state index in [1.165, 1.54) is 5.56 Å². The van der Waals surface area contributed by atoms with Crippen LogP contribution in [0.15, 0.2) is 23.3 Å². The van der Waals surface area contributed by atoms with Crippen LogP contribution in [0.25, 0.3) is 0 Å². The predicted octanol–water partition coefficient (Wildman–Crippen LogP) is 0.877. The van der Waals surface area contributed by atoms with Crippen molar-refractivity contribution in [2.75, 3.05) is 72.0 Å². The summed E-state index contributed by atoms with van der Waals surface area (Å²) in [6.07, 6.45) is 3.08. The normalized spacial score (nSPS) is 22.1. The molecule has 1 aromatic heterocycles. The van der Waals surface area contributed by atoms with Gasteiger partial charge in [0.05, 0.1) is 6.61 Å². The van der Waals surface area contributed by atoms with Crippen LogP contribution >= 0.6 is 0 Å². The molecule has 7 nitrogen and oxygen atoms in total. The molecule has 2 aliphatic heterocycles. The summed E-state index contributed by atoms with van der Waals surface area (Å²) in [5.74, 6) is 2.65. The van der Waals surface area contributed by atoms with E-state index in [1.807, 2.05) is 13.2 Å². The summed E-state index contributed by atoms with van der Waals surface area (Å²) in [6.45, 7) is 7.90. The average Bonchev–Trinajstić information content (AvgIpc) is 3.12. The second-order valence-corrected chi connectivity index (χ2v) is 7.27. The van der Waals surface area contributed by atoms with E-state index in [0.717, 1.165) is 70.6 Å². The Morgan fingerprint density at radius 2 is 2.12 bits per heavy atom. The number of methoxy groups -OCH3 is 1. The molecule has 3 rings (SSSR count). The Morgan fingerprint density at radius 1 is 1.31 bits per heavy atom. The fraction of sp³-hybridized carbons (Fsp3) is 0.684. The van der Waals surface area contributed by atoms with Crippen molar-refractivity contribution >= 4 is 11.8 Å². The number of aromatic nitrogens is 1. The average molecular weight is 361 g/mol. The summed E-state index contributed by atoms with van der Waals surface area (Å²) in [5, 5.41) is 3.51. The van der Waals surface area contributed by atoms with Crippen molar-refractivity contribution in [1.82, 2.24) is 20.1 Å². The van der Waals surface area contributed by atoms with Crippen LogP contribution in [0.3, 0.4) is 0 Å². The van der Waals surface area contributed by atoms with Crippen molar-refractivity contribution in [3.8, 4) is 0 Å². The highest BCUT2D eigenvalue weighted by Gasteiger charge is 2.24. The van der Waals surface area contributed by atoms with Crippen LogP contribution < -0.4 is 10.2 Å². The van der Waals surface area contributed by atoms with Gasteiger partial charge in [0.2, 0.25) is 0 Å². The van der Waals surface area contributed by atoms with E-state index >= 15 is 0 Å². The third kappa shape index (κ3) is 4.86. The molecule has 144 valence electrons. The molecule has 1 atom stereocenters. The van der Waals surface area contributed by atoms with Gasteiger partial charge in [0.1, 0.15) is 5.82 Å². The van der Waals surface area contributed by atoms with Crippen molar-refractivity contribution in [3.05, 3.63) is 23.9 Å². The minimum atomic E-state index is 0.600. The van der Waals surface area contributed by atoms with Gasteiger partial charge in [0.25, 0.3) is 0 Å². The van der Waals surface area contributed by atoms with Crippen molar-refractivity contribution in [2.45, 2.75) is 13.0 Å². The van der Waals surface area contributed by atoms with E-state index in [-0.39, 0.29) is 0 Å². The minimum absolute atomic E-state index is 0.600. The summed E-state index contributed by atoms with van der Waals surface area (Å²) >= 11 is 0. The van der Waals surface area contributed by atoms with Gasteiger partial charge < -0.3 is 24.8 Å². The summed E-state index contributed by atoms with van der Waals surface area (Å²) in [7, 11) is 5.80. The molecule has 1 N–H and O–H groups in total. The molecule has 0 bridgehead atoms. The minimum Gasteiger partial charge on any atom is -0.384 e. The molecule has 0 radical (unpaired) electrons. The maximum Gasteiger partial charge on any atom is 0.193 e. The first-order chi connectivity index (χ1) is 12.7. The highest BCUT2D eigenvalue weighted by atomic mass is 16.5. The zero-order valence-corrected chi connectivity index (χ0v) is 16.3. The Bertz CT molecular complexity index is 599. The Morgan fingerprint density at radius 3 is 2.85 bits per heavy atom. The van der Waals surface area contributed by atoms with Crippen molar-refractivity contribution < 1.29 is 4.74 Å². The largest absolute Gasteiger partial charge is 0.384 e. The van der Waals surface area contributed by atoms with E-state index in [9.17, 15) is 0 Å². The Hall–Kier alpha value is -1.86. The van der Waals surface area contributed by atoms with Crippen molar-refractivity contribution in [3.63, 3.8) is 0 Å². The van der Waals surface area contributed by atoms with E-state index in [0.29, 0.717) is 5.92 Å². The van der Waals surface area contributed by atoms with Gasteiger partial charge in [-0.2, -0.15) is 0 Å². The topological polar surface area (TPSA) is 56.2 Å². The number of nitrogens with one attached hydrogen (secondary N) is 1. The lowest BCUT2D eigenvalue weighted by molar-refractivity contribution is 0.157. The molecular weight excluding hydrogens is 328 g/mol. The SMILES string of the molecule is CN=C(NCc1ccnc(N2CCN(C)CC2)c1)N1CCC(COC)C1. The van der Waals surface area contributed by atoms with Crippen LogP contribution in [-0.2, 0) is 11.3 Å². The van der Waals surface area contributed by atoms with Crippen molar-refractivity contribution in [2.24, 2.45) is 10.9 Å². The number of likely N-dealkylation sites (N-methyl/N-ethyl adjacent to an activating group) is 1. The number of guanidine groups is 1. The Kier molecular flexibility index (Phi) is 6.68. The summed E-state index contributed by atoms with van der Waals surface area (Å²) < 4.78 is 5.29. The van der Waals surface area contributed by atoms with Gasteiger partial charge >= 0.3 is 0 Å². The third-order valence-corrected chi connectivity index (χ3v) is 5.29. The van der Waals surface area contributed by atoms with Gasteiger partial charge in [-0.25, -0.2) is 4.98 Å². The number of aliphatic imine (C=N–C) groups is 1.